The fourth-order valence-corrected chi connectivity index (χ4v) is 2.08. The van der Waals surface area contributed by atoms with E-state index in [2.05, 4.69) is 10.3 Å². The highest BCUT2D eigenvalue weighted by molar-refractivity contribution is 5.43. The minimum atomic E-state index is -0.210. The fourth-order valence-electron chi connectivity index (χ4n) is 2.08. The number of nitrogens with one attached hydrogen (secondary N) is 1. The molecule has 1 aromatic carbocycles. The van der Waals surface area contributed by atoms with Crippen molar-refractivity contribution in [1.29, 1.82) is 0 Å². The summed E-state index contributed by atoms with van der Waals surface area (Å²) in [6.07, 6.45) is 1.73. The van der Waals surface area contributed by atoms with Crippen LogP contribution in [-0.2, 0) is 11.3 Å². The Morgan fingerprint density at radius 2 is 2.15 bits per heavy atom. The molecule has 0 aliphatic carbocycles. The predicted octanol–water partition coefficient (Wildman–Crippen LogP) is 2.36. The average molecular weight is 277 g/mol. The van der Waals surface area contributed by atoms with Gasteiger partial charge in [-0.1, -0.05) is 6.07 Å². The molecule has 0 aliphatic rings. The maximum absolute atomic E-state index is 14.1. The van der Waals surface area contributed by atoms with Gasteiger partial charge in [0, 0.05) is 31.5 Å². The number of methoxy groups -OCH3 is 1. The van der Waals surface area contributed by atoms with Crippen LogP contribution >= 0.6 is 0 Å². The largest absolute Gasteiger partial charge is 0.383 e. The maximum Gasteiger partial charge on any atom is 0.129 e. The monoisotopic (exact) mass is 277 g/mol. The SMILES string of the molecule is COCCNCc1c(F)cccc1-n1cnc(C)c1C. The van der Waals surface area contributed by atoms with Crippen molar-refractivity contribution in [3.05, 3.63) is 47.3 Å². The number of imidazole rings is 1. The number of hydrogen-bond acceptors (Lipinski definition) is 3. The minimum absolute atomic E-state index is 0.210. The molecule has 2 aromatic rings. The van der Waals surface area contributed by atoms with Gasteiger partial charge in [0.2, 0.25) is 0 Å². The van der Waals surface area contributed by atoms with Crippen molar-refractivity contribution >= 4 is 0 Å². The second kappa shape index (κ2) is 6.63. The molecule has 1 aromatic heterocycles. The molecule has 0 saturated carbocycles. The van der Waals surface area contributed by atoms with Gasteiger partial charge in [-0.15, -0.1) is 0 Å². The van der Waals surface area contributed by atoms with Crippen molar-refractivity contribution in [3.63, 3.8) is 0 Å². The molecule has 4 nitrogen and oxygen atoms in total. The lowest BCUT2D eigenvalue weighted by Gasteiger charge is -2.13. The Morgan fingerprint density at radius 3 is 2.80 bits per heavy atom. The van der Waals surface area contributed by atoms with E-state index in [9.17, 15) is 4.39 Å². The van der Waals surface area contributed by atoms with E-state index in [1.165, 1.54) is 6.07 Å². The molecule has 0 unspecified atom stereocenters. The van der Waals surface area contributed by atoms with Gasteiger partial charge in [-0.05, 0) is 26.0 Å². The van der Waals surface area contributed by atoms with Crippen molar-refractivity contribution in [2.24, 2.45) is 0 Å². The number of hydrogen-bond donors (Lipinski definition) is 1. The number of ether oxygens (including phenoxy) is 1. The fraction of sp³-hybridized carbons (Fsp3) is 0.400. The lowest BCUT2D eigenvalue weighted by Crippen LogP contribution is -2.20. The van der Waals surface area contributed by atoms with Gasteiger partial charge in [0.15, 0.2) is 0 Å². The lowest BCUT2D eigenvalue weighted by molar-refractivity contribution is 0.199. The zero-order valence-electron chi connectivity index (χ0n) is 12.1. The van der Waals surface area contributed by atoms with Crippen molar-refractivity contribution in [2.75, 3.05) is 20.3 Å². The van der Waals surface area contributed by atoms with Crippen LogP contribution in [0.2, 0.25) is 0 Å². The van der Waals surface area contributed by atoms with Crippen LogP contribution in [0.25, 0.3) is 5.69 Å². The first-order valence-corrected chi connectivity index (χ1v) is 6.63. The number of halogens is 1. The summed E-state index contributed by atoms with van der Waals surface area (Å²) in [5.41, 5.74) is 3.44. The van der Waals surface area contributed by atoms with Crippen molar-refractivity contribution in [3.8, 4) is 5.69 Å². The Hall–Kier alpha value is -1.72. The number of nitrogens with zero attached hydrogens (tertiary/aromatic N) is 2. The second-order valence-electron chi connectivity index (χ2n) is 4.69. The van der Waals surface area contributed by atoms with Crippen LogP contribution in [0.1, 0.15) is 17.0 Å². The van der Waals surface area contributed by atoms with Crippen LogP contribution in [0.3, 0.4) is 0 Å². The maximum atomic E-state index is 14.1. The van der Waals surface area contributed by atoms with E-state index in [1.54, 1.807) is 19.5 Å². The van der Waals surface area contributed by atoms with Gasteiger partial charge < -0.3 is 14.6 Å². The Kier molecular flexibility index (Phi) is 4.87. The third kappa shape index (κ3) is 3.05. The standard InChI is InChI=1S/C15H20FN3O/c1-11-12(2)19(10-18-11)15-6-4-5-14(16)13(15)9-17-7-8-20-3/h4-6,10,17H,7-9H2,1-3H3. The van der Waals surface area contributed by atoms with Gasteiger partial charge in [-0.3, -0.25) is 0 Å². The van der Waals surface area contributed by atoms with E-state index in [0.29, 0.717) is 25.3 Å². The molecule has 1 N–H and O–H groups in total. The zero-order chi connectivity index (χ0) is 14.5. The number of rotatable bonds is 6. The van der Waals surface area contributed by atoms with Gasteiger partial charge in [-0.2, -0.15) is 0 Å². The third-order valence-electron chi connectivity index (χ3n) is 3.39. The smallest absolute Gasteiger partial charge is 0.129 e. The van der Waals surface area contributed by atoms with E-state index in [4.69, 9.17) is 4.74 Å². The van der Waals surface area contributed by atoms with Crippen LogP contribution < -0.4 is 5.32 Å². The quantitative estimate of drug-likeness (QED) is 0.824. The second-order valence-corrected chi connectivity index (χ2v) is 4.69. The van der Waals surface area contributed by atoms with E-state index in [-0.39, 0.29) is 5.82 Å². The Bertz CT molecular complexity index is 580. The van der Waals surface area contributed by atoms with E-state index in [0.717, 1.165) is 17.1 Å². The molecule has 108 valence electrons. The molecule has 0 atom stereocenters. The van der Waals surface area contributed by atoms with Gasteiger partial charge >= 0.3 is 0 Å². The normalized spacial score (nSPS) is 11.0. The first-order chi connectivity index (χ1) is 9.65. The van der Waals surface area contributed by atoms with E-state index in [1.807, 2.05) is 24.5 Å². The summed E-state index contributed by atoms with van der Waals surface area (Å²) in [6.45, 7) is 5.68. The average Bonchev–Trinajstić information content (AvgIpc) is 2.76. The molecular weight excluding hydrogens is 257 g/mol. The summed E-state index contributed by atoms with van der Waals surface area (Å²) < 4.78 is 21.0. The molecule has 1 heterocycles. The predicted molar refractivity (Wildman–Crippen MR) is 76.6 cm³/mol. The lowest BCUT2D eigenvalue weighted by atomic mass is 10.1. The van der Waals surface area contributed by atoms with Gasteiger partial charge in [-0.25, -0.2) is 9.37 Å². The molecule has 5 heteroatoms. The topological polar surface area (TPSA) is 39.1 Å². The van der Waals surface area contributed by atoms with E-state index >= 15 is 0 Å². The molecule has 0 bridgehead atoms. The summed E-state index contributed by atoms with van der Waals surface area (Å²) in [6, 6.07) is 5.11. The molecular formula is C15H20FN3O. The van der Waals surface area contributed by atoms with E-state index < -0.39 is 0 Å². The summed E-state index contributed by atoms with van der Waals surface area (Å²) in [4.78, 5) is 4.27. The van der Waals surface area contributed by atoms with Crippen molar-refractivity contribution in [2.45, 2.75) is 20.4 Å². The molecule has 0 aliphatic heterocycles. The first-order valence-electron chi connectivity index (χ1n) is 6.63. The summed E-state index contributed by atoms with van der Waals surface area (Å²) in [5.74, 6) is -0.210. The highest BCUT2D eigenvalue weighted by atomic mass is 19.1. The Morgan fingerprint density at radius 1 is 1.35 bits per heavy atom. The molecule has 2 rings (SSSR count). The van der Waals surface area contributed by atoms with Crippen molar-refractivity contribution in [1.82, 2.24) is 14.9 Å². The molecule has 0 radical (unpaired) electrons. The van der Waals surface area contributed by atoms with Crippen LogP contribution in [0.15, 0.2) is 24.5 Å². The highest BCUT2D eigenvalue weighted by Crippen LogP contribution is 2.20. The zero-order valence-corrected chi connectivity index (χ0v) is 12.1. The summed E-state index contributed by atoms with van der Waals surface area (Å²) in [7, 11) is 1.65. The third-order valence-corrected chi connectivity index (χ3v) is 3.39. The summed E-state index contributed by atoms with van der Waals surface area (Å²) in [5, 5.41) is 3.18. The number of benzene rings is 1. The van der Waals surface area contributed by atoms with Crippen LogP contribution in [0, 0.1) is 19.7 Å². The first kappa shape index (κ1) is 14.7. The number of aryl methyl sites for hydroxylation is 1. The van der Waals surface area contributed by atoms with Crippen LogP contribution in [-0.4, -0.2) is 29.8 Å². The van der Waals surface area contributed by atoms with Crippen LogP contribution in [0.5, 0.6) is 0 Å². The molecule has 0 spiro atoms. The molecule has 20 heavy (non-hydrogen) atoms. The number of aromatic nitrogens is 2. The van der Waals surface area contributed by atoms with Crippen molar-refractivity contribution < 1.29 is 9.13 Å². The van der Waals surface area contributed by atoms with Gasteiger partial charge in [0.05, 0.1) is 24.3 Å². The Balaban J connectivity index is 2.29. The summed E-state index contributed by atoms with van der Waals surface area (Å²) >= 11 is 0. The Labute approximate surface area is 118 Å². The molecule has 0 amide bonds. The highest BCUT2D eigenvalue weighted by Gasteiger charge is 2.12. The van der Waals surface area contributed by atoms with Gasteiger partial charge in [0.25, 0.3) is 0 Å². The minimum Gasteiger partial charge on any atom is -0.383 e. The van der Waals surface area contributed by atoms with Gasteiger partial charge in [0.1, 0.15) is 5.82 Å². The van der Waals surface area contributed by atoms with Crippen LogP contribution in [0.4, 0.5) is 4.39 Å². The molecule has 0 fully saturated rings. The molecule has 0 saturated heterocycles.